The highest BCUT2D eigenvalue weighted by Crippen LogP contribution is 2.05. The number of methoxy groups -OCH3 is 1. The van der Waals surface area contributed by atoms with Gasteiger partial charge < -0.3 is 10.5 Å². The zero-order valence-electron chi connectivity index (χ0n) is 10.2. The molecule has 3 nitrogen and oxygen atoms in total. The first-order chi connectivity index (χ1) is 7.11. The Bertz CT molecular complexity index is 176. The largest absolute Gasteiger partial charge is 0.393 e. The number of ether oxygens (including phenoxy) is 1. The molecule has 15 heavy (non-hydrogen) atoms. The van der Waals surface area contributed by atoms with E-state index in [2.05, 4.69) is 18.7 Å². The minimum Gasteiger partial charge on any atom is -0.393 e. The molecule has 0 aliphatic carbocycles. The molecule has 0 bridgehead atoms. The van der Waals surface area contributed by atoms with Gasteiger partial charge in [0.05, 0.1) is 11.6 Å². The molecule has 0 saturated heterocycles. The van der Waals surface area contributed by atoms with Gasteiger partial charge in [-0.3, -0.25) is 4.90 Å². The van der Waals surface area contributed by atoms with E-state index in [-0.39, 0.29) is 0 Å². The number of rotatable bonds is 9. The van der Waals surface area contributed by atoms with Gasteiger partial charge in [0.25, 0.3) is 0 Å². The van der Waals surface area contributed by atoms with Gasteiger partial charge in [-0.2, -0.15) is 0 Å². The summed E-state index contributed by atoms with van der Waals surface area (Å²) in [6.07, 6.45) is 3.05. The van der Waals surface area contributed by atoms with Crippen molar-refractivity contribution < 1.29 is 4.74 Å². The van der Waals surface area contributed by atoms with Crippen LogP contribution in [-0.4, -0.2) is 42.7 Å². The normalized spacial score (nSPS) is 13.1. The maximum atomic E-state index is 5.48. The molecule has 0 fully saturated rings. The van der Waals surface area contributed by atoms with E-state index in [0.29, 0.717) is 11.0 Å². The molecule has 1 atom stereocenters. The molecular weight excluding hydrogens is 208 g/mol. The molecule has 0 aromatic rings. The Morgan fingerprint density at radius 3 is 2.60 bits per heavy atom. The molecule has 0 aromatic heterocycles. The molecule has 0 spiro atoms. The predicted octanol–water partition coefficient (Wildman–Crippen LogP) is 1.80. The lowest BCUT2D eigenvalue weighted by molar-refractivity contribution is 0.122. The molecule has 0 radical (unpaired) electrons. The topological polar surface area (TPSA) is 38.5 Å². The lowest BCUT2D eigenvalue weighted by Crippen LogP contribution is -2.36. The fraction of sp³-hybridized carbons (Fsp3) is 0.909. The van der Waals surface area contributed by atoms with Crippen LogP contribution in [0.1, 0.15) is 33.1 Å². The van der Waals surface area contributed by atoms with E-state index in [4.69, 9.17) is 22.7 Å². The summed E-state index contributed by atoms with van der Waals surface area (Å²) in [6, 6.07) is 0.603. The summed E-state index contributed by atoms with van der Waals surface area (Å²) in [5.74, 6) is 0. The van der Waals surface area contributed by atoms with E-state index < -0.39 is 0 Å². The highest BCUT2D eigenvalue weighted by Gasteiger charge is 2.10. The molecule has 90 valence electrons. The molecule has 0 aliphatic heterocycles. The van der Waals surface area contributed by atoms with Gasteiger partial charge in [-0.05, 0) is 32.7 Å². The molecule has 0 saturated carbocycles. The van der Waals surface area contributed by atoms with Crippen molar-refractivity contribution in [3.63, 3.8) is 0 Å². The SMILES string of the molecule is CCC(C)N(CCCC(N)=S)CCOC. The number of hydrogen-bond acceptors (Lipinski definition) is 3. The van der Waals surface area contributed by atoms with Crippen LogP contribution in [0.25, 0.3) is 0 Å². The first-order valence-corrected chi connectivity index (χ1v) is 6.03. The number of nitrogens with zero attached hydrogens (tertiary/aromatic N) is 1. The quantitative estimate of drug-likeness (QED) is 0.615. The van der Waals surface area contributed by atoms with Crippen molar-refractivity contribution in [3.05, 3.63) is 0 Å². The van der Waals surface area contributed by atoms with E-state index >= 15 is 0 Å². The first-order valence-electron chi connectivity index (χ1n) is 5.63. The average Bonchev–Trinajstić information content (AvgIpc) is 2.21. The van der Waals surface area contributed by atoms with Crippen LogP contribution in [0.5, 0.6) is 0 Å². The molecule has 0 heterocycles. The Hall–Kier alpha value is -0.190. The van der Waals surface area contributed by atoms with E-state index in [1.54, 1.807) is 7.11 Å². The highest BCUT2D eigenvalue weighted by atomic mass is 32.1. The van der Waals surface area contributed by atoms with Gasteiger partial charge in [0, 0.05) is 19.7 Å². The highest BCUT2D eigenvalue weighted by molar-refractivity contribution is 7.80. The second-order valence-electron chi connectivity index (χ2n) is 3.86. The minimum atomic E-state index is 0.603. The lowest BCUT2D eigenvalue weighted by atomic mass is 10.2. The van der Waals surface area contributed by atoms with Gasteiger partial charge in [0.2, 0.25) is 0 Å². The Morgan fingerprint density at radius 2 is 2.13 bits per heavy atom. The first kappa shape index (κ1) is 14.8. The smallest absolute Gasteiger partial charge is 0.0727 e. The molecule has 2 N–H and O–H groups in total. The van der Waals surface area contributed by atoms with E-state index in [1.165, 1.54) is 0 Å². The summed E-state index contributed by atoms with van der Waals surface area (Å²) in [6.45, 7) is 7.28. The third-order valence-electron chi connectivity index (χ3n) is 2.67. The maximum absolute atomic E-state index is 5.48. The number of thiocarbonyl (C=S) groups is 1. The zero-order valence-corrected chi connectivity index (χ0v) is 11.0. The fourth-order valence-corrected chi connectivity index (χ4v) is 1.62. The van der Waals surface area contributed by atoms with Crippen molar-refractivity contribution in [2.24, 2.45) is 5.73 Å². The van der Waals surface area contributed by atoms with Crippen LogP contribution in [0, 0.1) is 0 Å². The average molecular weight is 232 g/mol. The Balaban J connectivity index is 3.84. The van der Waals surface area contributed by atoms with Gasteiger partial charge in [-0.1, -0.05) is 19.1 Å². The van der Waals surface area contributed by atoms with E-state index in [0.717, 1.165) is 39.0 Å². The Kier molecular flexibility index (Phi) is 8.95. The third kappa shape index (κ3) is 7.71. The molecule has 0 rings (SSSR count). The van der Waals surface area contributed by atoms with Gasteiger partial charge in [0.15, 0.2) is 0 Å². The molecular formula is C11H24N2OS. The monoisotopic (exact) mass is 232 g/mol. The molecule has 0 aliphatic rings. The minimum absolute atomic E-state index is 0.603. The summed E-state index contributed by atoms with van der Waals surface area (Å²) in [4.78, 5) is 3.05. The molecule has 1 unspecified atom stereocenters. The van der Waals surface area contributed by atoms with Crippen molar-refractivity contribution in [1.29, 1.82) is 0 Å². The summed E-state index contributed by atoms with van der Waals surface area (Å²) >= 11 is 4.86. The summed E-state index contributed by atoms with van der Waals surface area (Å²) < 4.78 is 5.10. The van der Waals surface area contributed by atoms with Crippen LogP contribution in [0.2, 0.25) is 0 Å². The number of hydrogen-bond donors (Lipinski definition) is 1. The van der Waals surface area contributed by atoms with Crippen molar-refractivity contribution in [1.82, 2.24) is 4.90 Å². The summed E-state index contributed by atoms with van der Waals surface area (Å²) in [5.41, 5.74) is 5.48. The lowest BCUT2D eigenvalue weighted by Gasteiger charge is -2.27. The second kappa shape index (κ2) is 9.07. The van der Waals surface area contributed by atoms with Crippen LogP contribution >= 0.6 is 12.2 Å². The predicted molar refractivity (Wildman–Crippen MR) is 69.2 cm³/mol. The van der Waals surface area contributed by atoms with Crippen LogP contribution < -0.4 is 5.73 Å². The Labute approximate surface area is 99.0 Å². The van der Waals surface area contributed by atoms with Crippen molar-refractivity contribution in [2.75, 3.05) is 26.8 Å². The van der Waals surface area contributed by atoms with Crippen LogP contribution in [0.3, 0.4) is 0 Å². The van der Waals surface area contributed by atoms with E-state index in [1.807, 2.05) is 0 Å². The van der Waals surface area contributed by atoms with Crippen molar-refractivity contribution in [3.8, 4) is 0 Å². The molecule has 4 heteroatoms. The fourth-order valence-electron chi connectivity index (χ4n) is 1.48. The maximum Gasteiger partial charge on any atom is 0.0727 e. The standard InChI is InChI=1S/C11H24N2OS/c1-4-10(2)13(8-9-14-3)7-5-6-11(12)15/h10H,4-9H2,1-3H3,(H2,12,15). The van der Waals surface area contributed by atoms with Gasteiger partial charge in [0.1, 0.15) is 0 Å². The van der Waals surface area contributed by atoms with Crippen LogP contribution in [-0.2, 0) is 4.74 Å². The zero-order chi connectivity index (χ0) is 11.7. The number of nitrogens with two attached hydrogens (primary N) is 1. The van der Waals surface area contributed by atoms with Gasteiger partial charge >= 0.3 is 0 Å². The molecule has 0 amide bonds. The van der Waals surface area contributed by atoms with Gasteiger partial charge in [-0.25, -0.2) is 0 Å². The molecule has 0 aromatic carbocycles. The summed E-state index contributed by atoms with van der Waals surface area (Å²) in [5, 5.41) is 0. The van der Waals surface area contributed by atoms with Crippen LogP contribution in [0.4, 0.5) is 0 Å². The van der Waals surface area contributed by atoms with Crippen LogP contribution in [0.15, 0.2) is 0 Å². The Morgan fingerprint density at radius 1 is 1.47 bits per heavy atom. The van der Waals surface area contributed by atoms with Crippen molar-refractivity contribution >= 4 is 17.2 Å². The van der Waals surface area contributed by atoms with Gasteiger partial charge in [-0.15, -0.1) is 0 Å². The summed E-state index contributed by atoms with van der Waals surface area (Å²) in [7, 11) is 1.74. The second-order valence-corrected chi connectivity index (χ2v) is 4.38. The van der Waals surface area contributed by atoms with Crippen molar-refractivity contribution in [2.45, 2.75) is 39.2 Å². The van der Waals surface area contributed by atoms with E-state index in [9.17, 15) is 0 Å². The third-order valence-corrected chi connectivity index (χ3v) is 2.87.